The first-order chi connectivity index (χ1) is 10.2. The number of likely N-dealkylation sites (tertiary alicyclic amines) is 1. The Morgan fingerprint density at radius 3 is 2.82 bits per heavy atom. The van der Waals surface area contributed by atoms with E-state index in [-0.39, 0.29) is 24.0 Å². The zero-order valence-electron chi connectivity index (χ0n) is 14.6. The fraction of sp³-hybridized carbons (Fsp3) is 0.941. The molecule has 0 radical (unpaired) electrons. The molecule has 1 aliphatic heterocycles. The van der Waals surface area contributed by atoms with Gasteiger partial charge in [0.1, 0.15) is 0 Å². The van der Waals surface area contributed by atoms with Gasteiger partial charge in [-0.3, -0.25) is 4.99 Å². The molecule has 1 aliphatic carbocycles. The minimum absolute atomic E-state index is 0. The largest absolute Gasteiger partial charge is 0.356 e. The van der Waals surface area contributed by atoms with Gasteiger partial charge in [-0.25, -0.2) is 0 Å². The Kier molecular flexibility index (Phi) is 9.71. The summed E-state index contributed by atoms with van der Waals surface area (Å²) >= 11 is 0. The molecular formula is C17H35IN4. The van der Waals surface area contributed by atoms with E-state index in [2.05, 4.69) is 34.4 Å². The van der Waals surface area contributed by atoms with Crippen LogP contribution in [0.2, 0.25) is 0 Å². The quantitative estimate of drug-likeness (QED) is 0.287. The summed E-state index contributed by atoms with van der Waals surface area (Å²) in [6.07, 6.45) is 9.32. The van der Waals surface area contributed by atoms with Crippen molar-refractivity contribution in [2.75, 3.05) is 26.7 Å². The predicted molar refractivity (Wildman–Crippen MR) is 106 cm³/mol. The van der Waals surface area contributed by atoms with Crippen molar-refractivity contribution >= 4 is 29.9 Å². The maximum Gasteiger partial charge on any atom is 0.191 e. The molecule has 2 rings (SSSR count). The van der Waals surface area contributed by atoms with Crippen LogP contribution < -0.4 is 10.6 Å². The van der Waals surface area contributed by atoms with E-state index in [1.54, 1.807) is 0 Å². The van der Waals surface area contributed by atoms with Gasteiger partial charge in [0.25, 0.3) is 0 Å². The van der Waals surface area contributed by atoms with E-state index in [1.807, 2.05) is 7.05 Å². The molecule has 1 heterocycles. The Morgan fingerprint density at radius 2 is 2.14 bits per heavy atom. The number of nitrogens with zero attached hydrogens (tertiary/aromatic N) is 2. The molecule has 0 amide bonds. The Morgan fingerprint density at radius 1 is 1.32 bits per heavy atom. The molecule has 130 valence electrons. The summed E-state index contributed by atoms with van der Waals surface area (Å²) in [6.45, 7) is 8.16. The van der Waals surface area contributed by atoms with E-state index in [9.17, 15) is 0 Å². The second kappa shape index (κ2) is 10.7. The van der Waals surface area contributed by atoms with E-state index >= 15 is 0 Å². The van der Waals surface area contributed by atoms with E-state index in [0.717, 1.165) is 24.5 Å². The minimum atomic E-state index is 0. The van der Waals surface area contributed by atoms with Gasteiger partial charge in [0.2, 0.25) is 0 Å². The van der Waals surface area contributed by atoms with Gasteiger partial charge in [-0.2, -0.15) is 0 Å². The van der Waals surface area contributed by atoms with Crippen LogP contribution >= 0.6 is 24.0 Å². The molecule has 0 spiro atoms. The van der Waals surface area contributed by atoms with Crippen LogP contribution in [-0.2, 0) is 0 Å². The monoisotopic (exact) mass is 422 g/mol. The summed E-state index contributed by atoms with van der Waals surface area (Å²) in [7, 11) is 1.87. The molecule has 4 nitrogen and oxygen atoms in total. The lowest BCUT2D eigenvalue weighted by atomic mass is 10.0. The van der Waals surface area contributed by atoms with E-state index in [1.165, 1.54) is 58.0 Å². The fourth-order valence-electron chi connectivity index (χ4n) is 3.46. The van der Waals surface area contributed by atoms with Gasteiger partial charge in [-0.1, -0.05) is 19.8 Å². The second-order valence-corrected chi connectivity index (χ2v) is 6.77. The summed E-state index contributed by atoms with van der Waals surface area (Å²) < 4.78 is 0. The molecule has 0 aromatic rings. The van der Waals surface area contributed by atoms with Crippen LogP contribution in [0.25, 0.3) is 0 Å². The van der Waals surface area contributed by atoms with Crippen LogP contribution in [0.3, 0.4) is 0 Å². The van der Waals surface area contributed by atoms with E-state index in [0.29, 0.717) is 6.04 Å². The first kappa shape index (κ1) is 20.0. The van der Waals surface area contributed by atoms with Crippen molar-refractivity contribution in [1.82, 2.24) is 15.5 Å². The van der Waals surface area contributed by atoms with Gasteiger partial charge in [-0.15, -0.1) is 24.0 Å². The van der Waals surface area contributed by atoms with Crippen molar-refractivity contribution in [1.29, 1.82) is 0 Å². The lowest BCUT2D eigenvalue weighted by Gasteiger charge is -2.33. The maximum absolute atomic E-state index is 4.34. The standard InChI is InChI=1S/C17H34N4.HI/c1-4-8-15-13-16(15)20-17(18-3)19-10-7-12-21-11-6-5-9-14(21)2;/h14-16H,4-13H2,1-3H3,(H2,18,19,20);1H. The van der Waals surface area contributed by atoms with Gasteiger partial charge in [-0.05, 0) is 51.5 Å². The molecule has 3 atom stereocenters. The van der Waals surface area contributed by atoms with Gasteiger partial charge >= 0.3 is 0 Å². The van der Waals surface area contributed by atoms with Gasteiger partial charge in [0, 0.05) is 32.2 Å². The van der Waals surface area contributed by atoms with Crippen LogP contribution in [0, 0.1) is 5.92 Å². The highest BCUT2D eigenvalue weighted by Gasteiger charge is 2.36. The minimum Gasteiger partial charge on any atom is -0.356 e. The number of nitrogens with one attached hydrogen (secondary N) is 2. The number of hydrogen-bond acceptors (Lipinski definition) is 2. The van der Waals surface area contributed by atoms with Crippen molar-refractivity contribution in [3.05, 3.63) is 0 Å². The van der Waals surface area contributed by atoms with Crippen LogP contribution in [-0.4, -0.2) is 49.6 Å². The zero-order chi connectivity index (χ0) is 15.1. The zero-order valence-corrected chi connectivity index (χ0v) is 16.9. The SMILES string of the molecule is CCCC1CC1NC(=NC)NCCCN1CCCCC1C.I. The first-order valence-corrected chi connectivity index (χ1v) is 8.95. The molecule has 2 N–H and O–H groups in total. The van der Waals surface area contributed by atoms with Crippen molar-refractivity contribution in [2.45, 2.75) is 70.9 Å². The number of rotatable bonds is 7. The third-order valence-corrected chi connectivity index (χ3v) is 4.98. The van der Waals surface area contributed by atoms with Crippen LogP contribution in [0.4, 0.5) is 0 Å². The van der Waals surface area contributed by atoms with Crippen molar-refractivity contribution in [3.8, 4) is 0 Å². The highest BCUT2D eigenvalue weighted by molar-refractivity contribution is 14.0. The van der Waals surface area contributed by atoms with Gasteiger partial charge < -0.3 is 15.5 Å². The summed E-state index contributed by atoms with van der Waals surface area (Å²) in [5.74, 6) is 1.87. The number of aliphatic imine (C=N–C) groups is 1. The number of piperidine rings is 1. The Balaban J connectivity index is 0.00000242. The third kappa shape index (κ3) is 6.60. The lowest BCUT2D eigenvalue weighted by molar-refractivity contribution is 0.159. The molecule has 0 aromatic carbocycles. The summed E-state index contributed by atoms with van der Waals surface area (Å²) in [5, 5.41) is 7.02. The topological polar surface area (TPSA) is 39.7 Å². The summed E-state index contributed by atoms with van der Waals surface area (Å²) in [6, 6.07) is 1.44. The highest BCUT2D eigenvalue weighted by Crippen LogP contribution is 2.34. The van der Waals surface area contributed by atoms with E-state index < -0.39 is 0 Å². The van der Waals surface area contributed by atoms with Crippen LogP contribution in [0.5, 0.6) is 0 Å². The molecule has 22 heavy (non-hydrogen) atoms. The van der Waals surface area contributed by atoms with Crippen molar-refractivity contribution in [2.24, 2.45) is 10.9 Å². The molecule has 0 bridgehead atoms. The molecule has 1 saturated heterocycles. The van der Waals surface area contributed by atoms with Crippen molar-refractivity contribution in [3.63, 3.8) is 0 Å². The smallest absolute Gasteiger partial charge is 0.191 e. The average molecular weight is 422 g/mol. The maximum atomic E-state index is 4.34. The Hall–Kier alpha value is -0.0400. The Labute approximate surface area is 153 Å². The summed E-state index contributed by atoms with van der Waals surface area (Å²) in [5.41, 5.74) is 0. The normalized spacial score (nSPS) is 28.9. The highest BCUT2D eigenvalue weighted by atomic mass is 127. The number of hydrogen-bond donors (Lipinski definition) is 2. The molecule has 0 aromatic heterocycles. The molecule has 5 heteroatoms. The lowest BCUT2D eigenvalue weighted by Crippen LogP contribution is -2.42. The van der Waals surface area contributed by atoms with E-state index in [4.69, 9.17) is 0 Å². The fourth-order valence-corrected chi connectivity index (χ4v) is 3.46. The van der Waals surface area contributed by atoms with Gasteiger partial charge in [0.15, 0.2) is 5.96 Å². The average Bonchev–Trinajstić information content (AvgIpc) is 3.22. The second-order valence-electron chi connectivity index (χ2n) is 6.77. The number of guanidine groups is 1. The van der Waals surface area contributed by atoms with Crippen LogP contribution in [0.15, 0.2) is 4.99 Å². The third-order valence-electron chi connectivity index (χ3n) is 4.98. The molecule has 1 saturated carbocycles. The summed E-state index contributed by atoms with van der Waals surface area (Å²) in [4.78, 5) is 6.98. The van der Waals surface area contributed by atoms with Gasteiger partial charge in [0.05, 0.1) is 0 Å². The Bertz CT molecular complexity index is 335. The van der Waals surface area contributed by atoms with Crippen LogP contribution in [0.1, 0.15) is 58.8 Å². The molecule has 2 aliphatic rings. The molecular weight excluding hydrogens is 387 g/mol. The predicted octanol–water partition coefficient (Wildman–Crippen LogP) is 3.22. The van der Waals surface area contributed by atoms with Crippen molar-refractivity contribution < 1.29 is 0 Å². The molecule has 2 fully saturated rings. The molecule has 3 unspecified atom stereocenters. The number of halogens is 1. The first-order valence-electron chi connectivity index (χ1n) is 8.95.